The lowest BCUT2D eigenvalue weighted by Crippen LogP contribution is -2.48. The van der Waals surface area contributed by atoms with E-state index in [1.807, 2.05) is 24.3 Å². The Hall–Kier alpha value is -3.64. The second-order valence-corrected chi connectivity index (χ2v) is 11.5. The summed E-state index contributed by atoms with van der Waals surface area (Å²) >= 11 is 0.745. The van der Waals surface area contributed by atoms with Crippen molar-refractivity contribution in [2.75, 3.05) is 18.0 Å². The lowest BCUT2D eigenvalue weighted by molar-refractivity contribution is -0.254. The minimum absolute atomic E-state index is 0.191. The van der Waals surface area contributed by atoms with E-state index in [9.17, 15) is 0 Å². The van der Waals surface area contributed by atoms with Crippen LogP contribution < -0.4 is 4.90 Å². The van der Waals surface area contributed by atoms with Crippen LogP contribution in [0.1, 0.15) is 51.5 Å². The third-order valence-corrected chi connectivity index (χ3v) is 9.63. The van der Waals surface area contributed by atoms with Crippen molar-refractivity contribution in [1.82, 2.24) is 4.57 Å². The van der Waals surface area contributed by atoms with Crippen LogP contribution >= 0.6 is 11.3 Å². The van der Waals surface area contributed by atoms with Gasteiger partial charge in [0, 0.05) is 64.0 Å². The first-order chi connectivity index (χ1) is 19.7. The summed E-state index contributed by atoms with van der Waals surface area (Å²) in [6.07, 6.45) is 0. The molecule has 1 aliphatic carbocycles. The Labute approximate surface area is 245 Å². The van der Waals surface area contributed by atoms with Crippen LogP contribution in [0.15, 0.2) is 48.5 Å². The fraction of sp³-hybridized carbons (Fsp3) is 0.333. The van der Waals surface area contributed by atoms with E-state index >= 15 is 26.3 Å². The summed E-state index contributed by atoms with van der Waals surface area (Å²) in [7, 11) is 1.59. The minimum atomic E-state index is -5.63. The van der Waals surface area contributed by atoms with Crippen LogP contribution in [-0.2, 0) is 7.05 Å². The Bertz CT molecular complexity index is 1780. The van der Waals surface area contributed by atoms with Crippen LogP contribution in [0.5, 0.6) is 0 Å². The molecule has 9 heteroatoms. The van der Waals surface area contributed by atoms with Gasteiger partial charge in [0.25, 0.3) is 0 Å². The minimum Gasteiger partial charge on any atom is -0.372 e. The molecular formula is C33H30F6N2S. The third-order valence-electron chi connectivity index (χ3n) is 8.31. The second-order valence-electron chi connectivity index (χ2n) is 10.5. The molecule has 2 nitrogen and oxygen atoms in total. The van der Waals surface area contributed by atoms with Gasteiger partial charge in [-0.25, -0.2) is 0 Å². The van der Waals surface area contributed by atoms with Crippen LogP contribution in [0.4, 0.5) is 32.0 Å². The molecule has 2 aromatic heterocycles. The van der Waals surface area contributed by atoms with Crippen molar-refractivity contribution in [3.05, 3.63) is 86.2 Å². The summed E-state index contributed by atoms with van der Waals surface area (Å²) < 4.78 is 94.3. The van der Waals surface area contributed by atoms with Crippen molar-refractivity contribution < 1.29 is 26.3 Å². The van der Waals surface area contributed by atoms with Crippen LogP contribution in [0.2, 0.25) is 0 Å². The Kier molecular flexibility index (Phi) is 7.29. The third kappa shape index (κ3) is 4.17. The molecule has 0 radical (unpaired) electrons. The second kappa shape index (κ2) is 10.3. The normalized spacial score (nSPS) is 17.0. The van der Waals surface area contributed by atoms with Gasteiger partial charge < -0.3 is 9.47 Å². The van der Waals surface area contributed by atoms with E-state index in [1.165, 1.54) is 19.9 Å². The Morgan fingerprint density at radius 1 is 0.786 bits per heavy atom. The lowest BCUT2D eigenvalue weighted by atomic mass is 9.94. The number of para-hydroxylation sites is 1. The van der Waals surface area contributed by atoms with Gasteiger partial charge in [-0.15, -0.1) is 11.3 Å². The van der Waals surface area contributed by atoms with Gasteiger partial charge in [0.1, 0.15) is 0 Å². The van der Waals surface area contributed by atoms with Gasteiger partial charge in [0.05, 0.1) is 10.5 Å². The maximum absolute atomic E-state index is 15.6. The molecule has 1 aliphatic rings. The van der Waals surface area contributed by atoms with E-state index < -0.39 is 28.9 Å². The number of rotatable bonds is 5. The molecule has 42 heavy (non-hydrogen) atoms. The summed E-state index contributed by atoms with van der Waals surface area (Å²) in [4.78, 5) is 2.22. The molecule has 0 N–H and O–H groups in total. The Morgan fingerprint density at radius 3 is 2.00 bits per heavy atom. The summed E-state index contributed by atoms with van der Waals surface area (Å²) in [5.74, 6) is -9.90. The predicted octanol–water partition coefficient (Wildman–Crippen LogP) is 9.24. The number of anilines is 1. The number of thiophene rings is 1. The Balaban J connectivity index is 1.71. The molecule has 0 unspecified atom stereocenters. The molecule has 2 heterocycles. The molecule has 0 fully saturated rings. The molecule has 0 atom stereocenters. The molecule has 0 amide bonds. The van der Waals surface area contributed by atoms with Gasteiger partial charge in [0.2, 0.25) is 0 Å². The molecule has 220 valence electrons. The number of alkyl halides is 6. The first-order valence-electron chi connectivity index (χ1n) is 13.6. The summed E-state index contributed by atoms with van der Waals surface area (Å²) in [5.41, 5.74) is 0.119. The SMILES string of the molecule is CCN(CC)c1ccc(C#Cc2sc(C3=C(c4c(C)n(C)c5ccccc45)C(F)(F)C(F)(F)C3(F)F)c(C)c2C)cc1. The molecule has 0 bridgehead atoms. The highest BCUT2D eigenvalue weighted by Crippen LogP contribution is 2.66. The fourth-order valence-electron chi connectivity index (χ4n) is 5.63. The molecule has 0 aliphatic heterocycles. The largest absolute Gasteiger partial charge is 0.380 e. The van der Waals surface area contributed by atoms with E-state index in [4.69, 9.17) is 0 Å². The molecule has 4 aromatic rings. The van der Waals surface area contributed by atoms with Gasteiger partial charge in [-0.2, -0.15) is 26.3 Å². The van der Waals surface area contributed by atoms with Gasteiger partial charge in [-0.05, 0) is 76.1 Å². The molecule has 0 spiro atoms. The topological polar surface area (TPSA) is 8.17 Å². The van der Waals surface area contributed by atoms with Crippen LogP contribution in [0, 0.1) is 32.6 Å². The van der Waals surface area contributed by atoms with Crippen molar-refractivity contribution in [1.29, 1.82) is 0 Å². The number of nitrogens with zero attached hydrogens (tertiary/aromatic N) is 2. The summed E-state index contributed by atoms with van der Waals surface area (Å²) in [6.45, 7) is 10.4. The number of allylic oxidation sites excluding steroid dienone is 2. The first-order valence-corrected chi connectivity index (χ1v) is 14.4. The van der Waals surface area contributed by atoms with E-state index in [1.54, 1.807) is 36.7 Å². The number of hydrogen-bond acceptors (Lipinski definition) is 2. The zero-order valence-corrected chi connectivity index (χ0v) is 24.9. The maximum atomic E-state index is 15.6. The monoisotopic (exact) mass is 600 g/mol. The van der Waals surface area contributed by atoms with Crippen molar-refractivity contribution in [3.63, 3.8) is 0 Å². The molecular weight excluding hydrogens is 570 g/mol. The standard InChI is InChI=1S/C33H30F6N2S/c1-7-41(8-2)23-16-13-22(14-17-23)15-18-26-19(3)20(4)30(42-26)29-28(31(34,35)33(38,39)32(29,36)37)27-21(5)40(6)25-12-10-9-11-24(25)27/h9-14,16-17H,7-8H2,1-6H3. The highest BCUT2D eigenvalue weighted by Gasteiger charge is 2.80. The number of aryl methyl sites for hydroxylation is 1. The van der Waals surface area contributed by atoms with E-state index in [2.05, 4.69) is 30.6 Å². The quantitative estimate of drug-likeness (QED) is 0.164. The number of fused-ring (bicyclic) bond motifs is 1. The molecule has 2 aromatic carbocycles. The Morgan fingerprint density at radius 2 is 1.38 bits per heavy atom. The molecule has 0 saturated carbocycles. The summed E-state index contributed by atoms with van der Waals surface area (Å²) in [6, 6.07) is 13.9. The zero-order valence-electron chi connectivity index (χ0n) is 24.1. The molecule has 5 rings (SSSR count). The zero-order chi connectivity index (χ0) is 30.8. The highest BCUT2D eigenvalue weighted by molar-refractivity contribution is 7.14. The number of aromatic nitrogens is 1. The van der Waals surface area contributed by atoms with Crippen molar-refractivity contribution in [2.45, 2.75) is 52.4 Å². The number of hydrogen-bond donors (Lipinski definition) is 0. The van der Waals surface area contributed by atoms with Crippen LogP contribution in [0.25, 0.3) is 22.0 Å². The average molecular weight is 601 g/mol. The van der Waals surface area contributed by atoms with Crippen LogP contribution in [-0.4, -0.2) is 35.4 Å². The van der Waals surface area contributed by atoms with Gasteiger partial charge >= 0.3 is 17.8 Å². The number of halogens is 6. The first kappa shape index (κ1) is 29.8. The van der Waals surface area contributed by atoms with Crippen LogP contribution in [0.3, 0.4) is 0 Å². The van der Waals surface area contributed by atoms with Gasteiger partial charge in [-0.3, -0.25) is 0 Å². The van der Waals surface area contributed by atoms with Crippen molar-refractivity contribution in [3.8, 4) is 11.8 Å². The summed E-state index contributed by atoms with van der Waals surface area (Å²) in [5, 5.41) is 0.206. The van der Waals surface area contributed by atoms with E-state index in [-0.39, 0.29) is 27.1 Å². The maximum Gasteiger partial charge on any atom is 0.380 e. The average Bonchev–Trinajstić information content (AvgIpc) is 3.41. The lowest BCUT2D eigenvalue weighted by Gasteiger charge is -2.25. The van der Waals surface area contributed by atoms with E-state index in [0.29, 0.717) is 21.5 Å². The number of benzene rings is 2. The molecule has 0 saturated heterocycles. The van der Waals surface area contributed by atoms with Gasteiger partial charge in [-0.1, -0.05) is 30.0 Å². The van der Waals surface area contributed by atoms with Crippen molar-refractivity contribution in [2.24, 2.45) is 7.05 Å². The van der Waals surface area contributed by atoms with Gasteiger partial charge in [0.15, 0.2) is 0 Å². The van der Waals surface area contributed by atoms with E-state index in [0.717, 1.165) is 30.1 Å². The van der Waals surface area contributed by atoms with Crippen molar-refractivity contribution >= 4 is 39.1 Å². The smallest absolute Gasteiger partial charge is 0.372 e. The predicted molar refractivity (Wildman–Crippen MR) is 159 cm³/mol. The highest BCUT2D eigenvalue weighted by atomic mass is 32.1. The fourth-order valence-corrected chi connectivity index (χ4v) is 6.88.